The fourth-order valence-corrected chi connectivity index (χ4v) is 2.09. The van der Waals surface area contributed by atoms with E-state index < -0.39 is 7.12 Å². The number of ether oxygens (including phenoxy) is 1. The van der Waals surface area contributed by atoms with E-state index in [-0.39, 0.29) is 0 Å². The maximum Gasteiger partial charge on any atom is 0.491 e. The predicted molar refractivity (Wildman–Crippen MR) is 74.1 cm³/mol. The van der Waals surface area contributed by atoms with Gasteiger partial charge in [0.1, 0.15) is 5.75 Å². The van der Waals surface area contributed by atoms with Gasteiger partial charge in [-0.05, 0) is 41.7 Å². The van der Waals surface area contributed by atoms with Crippen molar-refractivity contribution in [1.82, 2.24) is 4.98 Å². The molecule has 2 heterocycles. The van der Waals surface area contributed by atoms with Crippen LogP contribution >= 0.6 is 0 Å². The van der Waals surface area contributed by atoms with Gasteiger partial charge in [0.25, 0.3) is 0 Å². The largest absolute Gasteiger partial charge is 0.491 e. The highest BCUT2D eigenvalue weighted by Crippen LogP contribution is 2.26. The van der Waals surface area contributed by atoms with Crippen LogP contribution in [0.2, 0.25) is 0 Å². The van der Waals surface area contributed by atoms with Gasteiger partial charge in [-0.1, -0.05) is 6.07 Å². The van der Waals surface area contributed by atoms with Gasteiger partial charge in [0.05, 0.1) is 13.2 Å². The van der Waals surface area contributed by atoms with Crippen LogP contribution in [0.1, 0.15) is 11.1 Å². The lowest BCUT2D eigenvalue weighted by atomic mass is 9.80. The average molecular weight is 266 g/mol. The SMILES string of the molecule is [C-]#[N+]c1cnc(Oc2ccc3c(c2)COB3O)cc1C. The molecule has 0 atom stereocenters. The molecule has 0 saturated heterocycles. The number of benzene rings is 1. The van der Waals surface area contributed by atoms with Gasteiger partial charge in [0.15, 0.2) is 0 Å². The van der Waals surface area contributed by atoms with Crippen molar-refractivity contribution in [3.8, 4) is 11.6 Å². The van der Waals surface area contributed by atoms with Gasteiger partial charge in [-0.3, -0.25) is 0 Å². The molecule has 1 N–H and O–H groups in total. The summed E-state index contributed by atoms with van der Waals surface area (Å²) in [5, 5.41) is 9.55. The second-order valence-electron chi connectivity index (χ2n) is 4.55. The normalized spacial score (nSPS) is 12.9. The lowest BCUT2D eigenvalue weighted by Crippen LogP contribution is -2.27. The van der Waals surface area contributed by atoms with Gasteiger partial charge in [-0.2, -0.15) is 0 Å². The summed E-state index contributed by atoms with van der Waals surface area (Å²) >= 11 is 0. The molecular weight excluding hydrogens is 255 g/mol. The van der Waals surface area contributed by atoms with Crippen molar-refractivity contribution in [2.24, 2.45) is 0 Å². The molecule has 0 bridgehead atoms. The van der Waals surface area contributed by atoms with Crippen molar-refractivity contribution < 1.29 is 14.4 Å². The van der Waals surface area contributed by atoms with Crippen molar-refractivity contribution in [3.05, 3.63) is 53.0 Å². The molecule has 0 saturated carbocycles. The van der Waals surface area contributed by atoms with Gasteiger partial charge in [-0.15, -0.1) is 0 Å². The van der Waals surface area contributed by atoms with E-state index in [0.29, 0.717) is 23.9 Å². The van der Waals surface area contributed by atoms with E-state index in [4.69, 9.17) is 16.0 Å². The van der Waals surface area contributed by atoms with Gasteiger partial charge < -0.3 is 14.4 Å². The lowest BCUT2D eigenvalue weighted by Gasteiger charge is -2.07. The van der Waals surface area contributed by atoms with Crippen molar-refractivity contribution in [1.29, 1.82) is 0 Å². The number of hydrogen-bond acceptors (Lipinski definition) is 4. The molecule has 6 heteroatoms. The molecule has 2 aromatic rings. The monoisotopic (exact) mass is 266 g/mol. The Morgan fingerprint density at radius 1 is 1.45 bits per heavy atom. The quantitative estimate of drug-likeness (QED) is 0.666. The first-order valence-corrected chi connectivity index (χ1v) is 6.12. The third-order valence-electron chi connectivity index (χ3n) is 3.18. The summed E-state index contributed by atoms with van der Waals surface area (Å²) in [6.45, 7) is 9.20. The molecule has 20 heavy (non-hydrogen) atoms. The second kappa shape index (κ2) is 4.97. The topological polar surface area (TPSA) is 55.9 Å². The first-order chi connectivity index (χ1) is 9.67. The molecule has 1 aliphatic rings. The van der Waals surface area contributed by atoms with Gasteiger partial charge in [0, 0.05) is 6.20 Å². The smallest absolute Gasteiger partial charge is 0.439 e. The second-order valence-corrected chi connectivity index (χ2v) is 4.55. The zero-order valence-corrected chi connectivity index (χ0v) is 10.8. The third kappa shape index (κ3) is 2.25. The van der Waals surface area contributed by atoms with Crippen molar-refractivity contribution in [3.63, 3.8) is 0 Å². The number of nitrogens with zero attached hydrogens (tertiary/aromatic N) is 2. The maximum atomic E-state index is 9.55. The summed E-state index contributed by atoms with van der Waals surface area (Å²) in [6, 6.07) is 7.09. The number of pyridine rings is 1. The standard InChI is InChI=1S/C14H11BN2O3/c1-9-5-14(17-7-13(9)16-2)20-11-3-4-12-10(6-11)8-19-15(12)18/h3-7,18H,8H2,1H3. The molecule has 1 aromatic heterocycles. The first kappa shape index (κ1) is 12.7. The summed E-state index contributed by atoms with van der Waals surface area (Å²) in [6.07, 6.45) is 1.50. The van der Waals surface area contributed by atoms with Crippen molar-refractivity contribution >= 4 is 18.3 Å². The van der Waals surface area contributed by atoms with Crippen LogP contribution in [0.5, 0.6) is 11.6 Å². The first-order valence-electron chi connectivity index (χ1n) is 6.12. The Bertz CT molecular complexity index is 712. The Morgan fingerprint density at radius 2 is 2.30 bits per heavy atom. The Morgan fingerprint density at radius 3 is 3.05 bits per heavy atom. The molecule has 0 unspecified atom stereocenters. The van der Waals surface area contributed by atoms with E-state index >= 15 is 0 Å². The van der Waals surface area contributed by atoms with E-state index in [2.05, 4.69) is 9.83 Å². The van der Waals surface area contributed by atoms with E-state index in [1.807, 2.05) is 13.0 Å². The minimum absolute atomic E-state index is 0.372. The molecule has 1 aromatic carbocycles. The Labute approximate surface area is 116 Å². The molecule has 0 fully saturated rings. The molecule has 98 valence electrons. The molecule has 0 spiro atoms. The van der Waals surface area contributed by atoms with Crippen LogP contribution in [-0.4, -0.2) is 17.1 Å². The van der Waals surface area contributed by atoms with Gasteiger partial charge in [0.2, 0.25) is 11.6 Å². The van der Waals surface area contributed by atoms with Crippen LogP contribution in [-0.2, 0) is 11.3 Å². The number of aryl methyl sites for hydroxylation is 1. The summed E-state index contributed by atoms with van der Waals surface area (Å²) in [5.41, 5.74) is 3.02. The fourth-order valence-electron chi connectivity index (χ4n) is 2.09. The van der Waals surface area contributed by atoms with Crippen LogP contribution < -0.4 is 10.2 Å². The van der Waals surface area contributed by atoms with Gasteiger partial charge >= 0.3 is 7.12 Å². The number of aromatic nitrogens is 1. The lowest BCUT2D eigenvalue weighted by molar-refractivity contribution is 0.275. The molecular formula is C14H11BN2O3. The fraction of sp³-hybridized carbons (Fsp3) is 0.143. The number of rotatable bonds is 2. The van der Waals surface area contributed by atoms with Crippen LogP contribution in [0.25, 0.3) is 4.85 Å². The Hall–Kier alpha value is -2.36. The average Bonchev–Trinajstić information content (AvgIpc) is 2.80. The molecule has 3 rings (SSSR count). The van der Waals surface area contributed by atoms with Crippen LogP contribution in [0, 0.1) is 13.5 Å². The van der Waals surface area contributed by atoms with Crippen LogP contribution in [0.4, 0.5) is 5.69 Å². The molecule has 0 radical (unpaired) electrons. The summed E-state index contributed by atoms with van der Waals surface area (Å²) < 4.78 is 10.8. The van der Waals surface area contributed by atoms with Crippen LogP contribution in [0.3, 0.4) is 0 Å². The predicted octanol–water partition coefficient (Wildman–Crippen LogP) is 1.95. The van der Waals surface area contributed by atoms with E-state index in [9.17, 15) is 5.02 Å². The number of hydrogen-bond donors (Lipinski definition) is 1. The molecule has 5 nitrogen and oxygen atoms in total. The van der Waals surface area contributed by atoms with E-state index in [0.717, 1.165) is 16.6 Å². The zero-order chi connectivity index (χ0) is 14.1. The highest BCUT2D eigenvalue weighted by atomic mass is 16.5. The summed E-state index contributed by atoms with van der Waals surface area (Å²) in [5.74, 6) is 1.07. The Balaban J connectivity index is 1.85. The molecule has 0 aliphatic carbocycles. The molecule has 1 aliphatic heterocycles. The zero-order valence-electron chi connectivity index (χ0n) is 10.8. The van der Waals surface area contributed by atoms with Crippen LogP contribution in [0.15, 0.2) is 30.5 Å². The van der Waals surface area contributed by atoms with Crippen molar-refractivity contribution in [2.45, 2.75) is 13.5 Å². The summed E-state index contributed by atoms with van der Waals surface area (Å²) in [7, 11) is -0.850. The van der Waals surface area contributed by atoms with E-state index in [1.165, 1.54) is 6.20 Å². The van der Waals surface area contributed by atoms with E-state index in [1.54, 1.807) is 18.2 Å². The Kier molecular flexibility index (Phi) is 3.14. The third-order valence-corrected chi connectivity index (χ3v) is 3.18. The minimum atomic E-state index is -0.850. The molecule has 0 amide bonds. The highest BCUT2D eigenvalue weighted by Gasteiger charge is 2.27. The number of fused-ring (bicyclic) bond motifs is 1. The minimum Gasteiger partial charge on any atom is -0.439 e. The van der Waals surface area contributed by atoms with Crippen molar-refractivity contribution in [2.75, 3.05) is 0 Å². The maximum absolute atomic E-state index is 9.55. The highest BCUT2D eigenvalue weighted by molar-refractivity contribution is 6.61. The van der Waals surface area contributed by atoms with Gasteiger partial charge in [-0.25, -0.2) is 9.83 Å². The summed E-state index contributed by atoms with van der Waals surface area (Å²) in [4.78, 5) is 7.46.